The van der Waals surface area contributed by atoms with Gasteiger partial charge in [0.25, 0.3) is 0 Å². The summed E-state index contributed by atoms with van der Waals surface area (Å²) in [7, 11) is 0. The molecule has 1 aromatic heterocycles. The minimum Gasteiger partial charge on any atom is -0.381 e. The van der Waals surface area contributed by atoms with Gasteiger partial charge < -0.3 is 9.64 Å². The van der Waals surface area contributed by atoms with Crippen LogP contribution >= 0.6 is 11.6 Å². The van der Waals surface area contributed by atoms with Crippen molar-refractivity contribution in [1.82, 2.24) is 15.1 Å². The van der Waals surface area contributed by atoms with Gasteiger partial charge in [-0.3, -0.25) is 0 Å². The second-order valence-corrected chi connectivity index (χ2v) is 9.67. The van der Waals surface area contributed by atoms with E-state index in [9.17, 15) is 4.39 Å². The Labute approximate surface area is 176 Å². The normalized spacial score (nSPS) is 24.3. The molecule has 29 heavy (non-hydrogen) atoms. The molecule has 3 heterocycles. The molecule has 6 heteroatoms. The highest BCUT2D eigenvalue weighted by molar-refractivity contribution is 6.33. The van der Waals surface area contributed by atoms with Gasteiger partial charge in [-0.15, -0.1) is 0 Å². The zero-order chi connectivity index (χ0) is 19.8. The first-order chi connectivity index (χ1) is 14.1. The molecule has 1 atom stereocenters. The summed E-state index contributed by atoms with van der Waals surface area (Å²) in [5.41, 5.74) is 2.77. The fourth-order valence-corrected chi connectivity index (χ4v) is 5.73. The number of ether oxygens (including phenoxy) is 1. The molecule has 0 radical (unpaired) electrons. The molecule has 1 spiro atoms. The van der Waals surface area contributed by atoms with E-state index in [1.165, 1.54) is 57.5 Å². The van der Waals surface area contributed by atoms with E-state index in [-0.39, 0.29) is 5.82 Å². The van der Waals surface area contributed by atoms with E-state index in [1.807, 2.05) is 12.1 Å². The summed E-state index contributed by atoms with van der Waals surface area (Å²) in [5, 5.41) is 9.15. The van der Waals surface area contributed by atoms with Crippen LogP contribution in [0.4, 0.5) is 4.39 Å². The van der Waals surface area contributed by atoms with Gasteiger partial charge in [0, 0.05) is 31.8 Å². The van der Waals surface area contributed by atoms with Gasteiger partial charge in [0.15, 0.2) is 0 Å². The predicted molar refractivity (Wildman–Crippen MR) is 111 cm³/mol. The van der Waals surface area contributed by atoms with Crippen LogP contribution in [0.25, 0.3) is 11.3 Å². The van der Waals surface area contributed by atoms with Gasteiger partial charge in [0.1, 0.15) is 5.82 Å². The van der Waals surface area contributed by atoms with Gasteiger partial charge in [0.05, 0.1) is 23.0 Å². The largest absolute Gasteiger partial charge is 0.381 e. The second kappa shape index (κ2) is 7.93. The molecule has 3 fully saturated rings. The fourth-order valence-electron chi connectivity index (χ4n) is 5.52. The SMILES string of the molecule is Fc1ccc(Cl)c(-c2ccc(CC3CC4(C3)CN(CC3CCCOC3)C4)nn2)c1. The van der Waals surface area contributed by atoms with E-state index < -0.39 is 0 Å². The molecule has 2 aromatic rings. The summed E-state index contributed by atoms with van der Waals surface area (Å²) in [5.74, 6) is 1.12. The summed E-state index contributed by atoms with van der Waals surface area (Å²) in [6.07, 6.45) is 6.11. The molecule has 1 aliphatic carbocycles. The summed E-state index contributed by atoms with van der Waals surface area (Å²) < 4.78 is 19.1. The average molecular weight is 416 g/mol. The molecule has 4 nitrogen and oxygen atoms in total. The molecule has 1 unspecified atom stereocenters. The van der Waals surface area contributed by atoms with Gasteiger partial charge in [-0.1, -0.05) is 11.6 Å². The summed E-state index contributed by atoms with van der Waals surface area (Å²) in [6.45, 7) is 5.61. The molecular formula is C23H27ClFN3O. The van der Waals surface area contributed by atoms with E-state index >= 15 is 0 Å². The van der Waals surface area contributed by atoms with Crippen LogP contribution < -0.4 is 0 Å². The van der Waals surface area contributed by atoms with Crippen molar-refractivity contribution in [3.8, 4) is 11.3 Å². The number of nitrogens with zero attached hydrogens (tertiary/aromatic N) is 3. The van der Waals surface area contributed by atoms with E-state index in [1.54, 1.807) is 6.07 Å². The molecule has 2 saturated heterocycles. The monoisotopic (exact) mass is 415 g/mol. The Morgan fingerprint density at radius 1 is 1.14 bits per heavy atom. The second-order valence-electron chi connectivity index (χ2n) is 9.27. The molecule has 1 aromatic carbocycles. The van der Waals surface area contributed by atoms with Crippen LogP contribution in [0, 0.1) is 23.1 Å². The number of hydrogen-bond donors (Lipinski definition) is 0. The fraction of sp³-hybridized carbons (Fsp3) is 0.565. The molecular weight excluding hydrogens is 389 g/mol. The molecule has 5 rings (SSSR count). The lowest BCUT2D eigenvalue weighted by Gasteiger charge is -2.60. The first-order valence-corrected chi connectivity index (χ1v) is 11.0. The summed E-state index contributed by atoms with van der Waals surface area (Å²) in [4.78, 5) is 2.62. The third-order valence-electron chi connectivity index (χ3n) is 6.75. The van der Waals surface area contributed by atoms with Crippen molar-refractivity contribution < 1.29 is 9.13 Å². The topological polar surface area (TPSA) is 38.2 Å². The Morgan fingerprint density at radius 2 is 2.00 bits per heavy atom. The van der Waals surface area contributed by atoms with Gasteiger partial charge >= 0.3 is 0 Å². The van der Waals surface area contributed by atoms with Gasteiger partial charge in [0.2, 0.25) is 0 Å². The minimum atomic E-state index is -0.319. The lowest BCUT2D eigenvalue weighted by atomic mass is 9.56. The van der Waals surface area contributed by atoms with Crippen molar-refractivity contribution in [3.05, 3.63) is 46.9 Å². The maximum Gasteiger partial charge on any atom is 0.123 e. The Bertz CT molecular complexity index is 855. The quantitative estimate of drug-likeness (QED) is 0.714. The van der Waals surface area contributed by atoms with Crippen molar-refractivity contribution in [2.24, 2.45) is 17.3 Å². The Hall–Kier alpha value is -1.56. The van der Waals surface area contributed by atoms with Crippen molar-refractivity contribution in [2.75, 3.05) is 32.8 Å². The van der Waals surface area contributed by atoms with Crippen LogP contribution in [0.15, 0.2) is 30.3 Å². The Balaban J connectivity index is 1.10. The zero-order valence-corrected chi connectivity index (χ0v) is 17.4. The number of rotatable bonds is 5. The van der Waals surface area contributed by atoms with E-state index in [2.05, 4.69) is 15.1 Å². The predicted octanol–water partition coefficient (Wildman–Crippen LogP) is 4.62. The van der Waals surface area contributed by atoms with Crippen LogP contribution in [0.5, 0.6) is 0 Å². The Morgan fingerprint density at radius 3 is 2.72 bits per heavy atom. The van der Waals surface area contributed by atoms with Crippen LogP contribution in [0.2, 0.25) is 5.02 Å². The molecule has 0 amide bonds. The van der Waals surface area contributed by atoms with Crippen molar-refractivity contribution in [2.45, 2.75) is 32.1 Å². The number of benzene rings is 1. The molecule has 2 aliphatic heterocycles. The van der Waals surface area contributed by atoms with Crippen LogP contribution in [0.3, 0.4) is 0 Å². The van der Waals surface area contributed by atoms with Gasteiger partial charge in [-0.2, -0.15) is 10.2 Å². The van der Waals surface area contributed by atoms with E-state index in [0.29, 0.717) is 27.6 Å². The smallest absolute Gasteiger partial charge is 0.123 e. The summed E-state index contributed by atoms with van der Waals surface area (Å²) >= 11 is 6.17. The Kier molecular flexibility index (Phi) is 5.31. The standard InChI is InChI=1S/C23H27ClFN3O/c24-21-5-3-18(25)9-20(21)22-6-4-19(26-27-22)8-17-10-23(11-17)14-28(15-23)12-16-2-1-7-29-13-16/h3-6,9,16-17H,1-2,7-8,10-15H2. The number of halogens is 2. The van der Waals surface area contributed by atoms with Crippen LogP contribution in [0.1, 0.15) is 31.4 Å². The molecule has 0 N–H and O–H groups in total. The van der Waals surface area contributed by atoms with E-state index in [0.717, 1.165) is 31.2 Å². The first-order valence-electron chi connectivity index (χ1n) is 10.7. The summed E-state index contributed by atoms with van der Waals surface area (Å²) in [6, 6.07) is 8.21. The zero-order valence-electron chi connectivity index (χ0n) is 16.6. The highest BCUT2D eigenvalue weighted by Gasteiger charge is 2.52. The average Bonchev–Trinajstić information content (AvgIpc) is 2.68. The third-order valence-corrected chi connectivity index (χ3v) is 7.08. The highest BCUT2D eigenvalue weighted by atomic mass is 35.5. The molecule has 3 aliphatic rings. The van der Waals surface area contributed by atoms with Gasteiger partial charge in [-0.05, 0) is 79.7 Å². The highest BCUT2D eigenvalue weighted by Crippen LogP contribution is 2.53. The minimum absolute atomic E-state index is 0.319. The van der Waals surface area contributed by atoms with Gasteiger partial charge in [-0.25, -0.2) is 4.39 Å². The van der Waals surface area contributed by atoms with Crippen LogP contribution in [-0.2, 0) is 11.2 Å². The maximum absolute atomic E-state index is 13.5. The number of likely N-dealkylation sites (tertiary alicyclic amines) is 1. The number of hydrogen-bond acceptors (Lipinski definition) is 4. The number of aromatic nitrogens is 2. The maximum atomic E-state index is 13.5. The van der Waals surface area contributed by atoms with Crippen molar-refractivity contribution in [1.29, 1.82) is 0 Å². The van der Waals surface area contributed by atoms with E-state index in [4.69, 9.17) is 16.3 Å². The third kappa shape index (κ3) is 4.18. The molecule has 154 valence electrons. The van der Waals surface area contributed by atoms with Crippen molar-refractivity contribution in [3.63, 3.8) is 0 Å². The first kappa shape index (κ1) is 19.4. The molecule has 1 saturated carbocycles. The lowest BCUT2D eigenvalue weighted by Crippen LogP contribution is -2.63. The van der Waals surface area contributed by atoms with Crippen molar-refractivity contribution >= 4 is 11.6 Å². The lowest BCUT2D eigenvalue weighted by molar-refractivity contribution is -0.106. The molecule has 0 bridgehead atoms. The van der Waals surface area contributed by atoms with Crippen LogP contribution in [-0.4, -0.2) is 47.9 Å².